The molecule has 9 aromatic carbocycles. The summed E-state index contributed by atoms with van der Waals surface area (Å²) in [6, 6.07) is 53.9. The number of hydrogen-bond donors (Lipinski definition) is 0. The van der Waals surface area contributed by atoms with Crippen LogP contribution < -0.4 is 0 Å². The molecule has 224 valence electrons. The van der Waals surface area contributed by atoms with Gasteiger partial charge in [0.05, 0.1) is 0 Å². The molecule has 0 saturated heterocycles. The largest absolute Gasteiger partial charge is 0.455 e. The quantitative estimate of drug-likeness (QED) is 0.178. The summed E-state index contributed by atoms with van der Waals surface area (Å²) in [7, 11) is 0. The molecule has 0 aliphatic heterocycles. The van der Waals surface area contributed by atoms with Crippen LogP contribution >= 0.6 is 0 Å². The van der Waals surface area contributed by atoms with Crippen LogP contribution in [0.3, 0.4) is 0 Å². The maximum Gasteiger partial charge on any atom is 0.143 e. The van der Waals surface area contributed by atoms with Gasteiger partial charge in [-0.2, -0.15) is 0 Å². The third kappa shape index (κ3) is 3.31. The summed E-state index contributed by atoms with van der Waals surface area (Å²) < 4.78 is 7.07. The molecule has 0 N–H and O–H groups in total. The van der Waals surface area contributed by atoms with Gasteiger partial charge in [-0.15, -0.1) is 0 Å². The zero-order valence-electron chi connectivity index (χ0n) is 26.8. The number of benzene rings is 9. The van der Waals surface area contributed by atoms with Crippen LogP contribution in [0.25, 0.3) is 98.4 Å². The van der Waals surface area contributed by atoms with Crippen molar-refractivity contribution in [2.75, 3.05) is 0 Å². The van der Waals surface area contributed by atoms with Gasteiger partial charge >= 0.3 is 0 Å². The van der Waals surface area contributed by atoms with Crippen molar-refractivity contribution in [2.24, 2.45) is 0 Å². The Balaban J connectivity index is 1.23. The highest BCUT2D eigenvalue weighted by Crippen LogP contribution is 2.51. The monoisotopic (exact) mass is 610 g/mol. The maximum atomic E-state index is 7.07. The molecule has 1 aromatic heterocycles. The van der Waals surface area contributed by atoms with Crippen LogP contribution in [0.5, 0.6) is 0 Å². The lowest BCUT2D eigenvalue weighted by molar-refractivity contribution is 0.660. The number of furan rings is 1. The van der Waals surface area contributed by atoms with Crippen molar-refractivity contribution >= 4 is 65.0 Å². The van der Waals surface area contributed by atoms with Gasteiger partial charge in [0.1, 0.15) is 11.2 Å². The van der Waals surface area contributed by atoms with Crippen LogP contribution in [0.2, 0.25) is 0 Å². The van der Waals surface area contributed by atoms with Crippen LogP contribution in [-0.4, -0.2) is 0 Å². The lowest BCUT2D eigenvalue weighted by Crippen LogP contribution is -2.14. The highest BCUT2D eigenvalue weighted by molar-refractivity contribution is 6.28. The second kappa shape index (κ2) is 9.12. The van der Waals surface area contributed by atoms with E-state index in [2.05, 4.69) is 159 Å². The molecule has 1 aliphatic carbocycles. The highest BCUT2D eigenvalue weighted by Gasteiger charge is 2.35. The minimum atomic E-state index is -0.0766. The van der Waals surface area contributed by atoms with Crippen molar-refractivity contribution in [1.29, 1.82) is 0 Å². The molecule has 0 saturated carbocycles. The fourth-order valence-corrected chi connectivity index (χ4v) is 8.90. The van der Waals surface area contributed by atoms with Gasteiger partial charge in [0.2, 0.25) is 0 Å². The normalized spacial score (nSPS) is 13.8. The molecule has 0 radical (unpaired) electrons. The summed E-state index contributed by atoms with van der Waals surface area (Å²) in [5.41, 5.74) is 12.0. The standard InChI is InChI=1S/C47H30O/c1-47(2)40-13-6-5-12-35(40)36-21-19-31(26-41(36)47)33-24-25-38(44-39-23-16-27-8-3-4-11-32(27)45(39)48-46(33)44)34-20-17-30-15-14-28-9-7-10-29-18-22-37(34)43(30)42(28)29/h3-26H,1-2H3. The van der Waals surface area contributed by atoms with Gasteiger partial charge in [-0.1, -0.05) is 141 Å². The molecule has 0 unspecified atom stereocenters. The van der Waals surface area contributed by atoms with E-state index >= 15 is 0 Å². The molecule has 10 aromatic rings. The molecule has 1 heteroatoms. The van der Waals surface area contributed by atoms with Crippen LogP contribution in [0.15, 0.2) is 150 Å². The van der Waals surface area contributed by atoms with E-state index < -0.39 is 0 Å². The molecular weight excluding hydrogens is 581 g/mol. The Labute approximate surface area is 278 Å². The zero-order valence-corrected chi connectivity index (χ0v) is 26.8. The van der Waals surface area contributed by atoms with E-state index in [1.165, 1.54) is 82.0 Å². The van der Waals surface area contributed by atoms with E-state index in [0.29, 0.717) is 0 Å². The molecule has 1 heterocycles. The van der Waals surface area contributed by atoms with Crippen molar-refractivity contribution in [3.8, 4) is 33.4 Å². The van der Waals surface area contributed by atoms with Crippen molar-refractivity contribution in [3.63, 3.8) is 0 Å². The predicted molar refractivity (Wildman–Crippen MR) is 203 cm³/mol. The van der Waals surface area contributed by atoms with Gasteiger partial charge in [-0.05, 0) is 94.8 Å². The topological polar surface area (TPSA) is 13.1 Å². The molecule has 1 nitrogen and oxygen atoms in total. The summed E-state index contributed by atoms with van der Waals surface area (Å²) in [4.78, 5) is 0. The van der Waals surface area contributed by atoms with Gasteiger partial charge in [0.15, 0.2) is 0 Å². The van der Waals surface area contributed by atoms with Gasteiger partial charge in [-0.25, -0.2) is 0 Å². The lowest BCUT2D eigenvalue weighted by atomic mass is 9.81. The van der Waals surface area contributed by atoms with Gasteiger partial charge in [0, 0.05) is 27.1 Å². The van der Waals surface area contributed by atoms with E-state index in [0.717, 1.165) is 27.5 Å². The van der Waals surface area contributed by atoms with Gasteiger partial charge in [0.25, 0.3) is 0 Å². The maximum absolute atomic E-state index is 7.07. The molecule has 0 amide bonds. The fourth-order valence-electron chi connectivity index (χ4n) is 8.90. The first kappa shape index (κ1) is 26.2. The summed E-state index contributed by atoms with van der Waals surface area (Å²) in [5, 5.41) is 12.4. The van der Waals surface area contributed by atoms with E-state index in [9.17, 15) is 0 Å². The summed E-state index contributed by atoms with van der Waals surface area (Å²) in [5.74, 6) is 0. The van der Waals surface area contributed by atoms with Crippen molar-refractivity contribution in [1.82, 2.24) is 0 Å². The molecule has 1 aliphatic rings. The van der Waals surface area contributed by atoms with Gasteiger partial charge < -0.3 is 4.42 Å². The molecule has 0 fully saturated rings. The Morgan fingerprint density at radius 1 is 0.375 bits per heavy atom. The third-order valence-corrected chi connectivity index (χ3v) is 11.2. The first-order valence-corrected chi connectivity index (χ1v) is 16.8. The van der Waals surface area contributed by atoms with Crippen LogP contribution in [-0.2, 0) is 5.41 Å². The summed E-state index contributed by atoms with van der Waals surface area (Å²) in [6.07, 6.45) is 0. The van der Waals surface area contributed by atoms with Crippen molar-refractivity contribution in [3.05, 3.63) is 157 Å². The van der Waals surface area contributed by atoms with Crippen LogP contribution in [0.4, 0.5) is 0 Å². The van der Waals surface area contributed by atoms with E-state index in [-0.39, 0.29) is 5.41 Å². The second-order valence-electron chi connectivity index (χ2n) is 14.0. The fraction of sp³-hybridized carbons (Fsp3) is 0.0638. The molecule has 11 rings (SSSR count). The highest BCUT2D eigenvalue weighted by atomic mass is 16.3. The Kier molecular flexibility index (Phi) is 4.97. The number of hydrogen-bond acceptors (Lipinski definition) is 1. The number of rotatable bonds is 2. The first-order valence-electron chi connectivity index (χ1n) is 16.8. The Bertz CT molecular complexity index is 2960. The average Bonchev–Trinajstić information content (AvgIpc) is 3.63. The molecule has 48 heavy (non-hydrogen) atoms. The molecule has 0 atom stereocenters. The smallest absolute Gasteiger partial charge is 0.143 e. The first-order chi connectivity index (χ1) is 23.6. The van der Waals surface area contributed by atoms with Gasteiger partial charge in [-0.3, -0.25) is 0 Å². The van der Waals surface area contributed by atoms with E-state index in [1.54, 1.807) is 0 Å². The third-order valence-electron chi connectivity index (χ3n) is 11.2. The molecular formula is C47H30O. The van der Waals surface area contributed by atoms with E-state index in [4.69, 9.17) is 4.42 Å². The average molecular weight is 611 g/mol. The Morgan fingerprint density at radius 3 is 1.90 bits per heavy atom. The Morgan fingerprint density at radius 2 is 1.00 bits per heavy atom. The predicted octanol–water partition coefficient (Wildman–Crippen LogP) is 13.3. The van der Waals surface area contributed by atoms with Crippen molar-refractivity contribution < 1.29 is 4.42 Å². The molecule has 0 spiro atoms. The Hall–Kier alpha value is -5.92. The SMILES string of the molecule is CC1(C)c2ccccc2-c2ccc(-c3ccc(-c4ccc5ccc6cccc7ccc4c5c67)c4c3oc3c5ccccc5ccc34)cc21. The summed E-state index contributed by atoms with van der Waals surface area (Å²) >= 11 is 0. The van der Waals surface area contributed by atoms with Crippen LogP contribution in [0.1, 0.15) is 25.0 Å². The minimum Gasteiger partial charge on any atom is -0.455 e. The summed E-state index contributed by atoms with van der Waals surface area (Å²) in [6.45, 7) is 4.70. The minimum absolute atomic E-state index is 0.0766. The lowest BCUT2D eigenvalue weighted by Gasteiger charge is -2.22. The van der Waals surface area contributed by atoms with Crippen molar-refractivity contribution in [2.45, 2.75) is 19.3 Å². The second-order valence-corrected chi connectivity index (χ2v) is 14.0. The molecule has 0 bridgehead atoms. The number of fused-ring (bicyclic) bond motifs is 8. The van der Waals surface area contributed by atoms with Crippen LogP contribution in [0, 0.1) is 0 Å². The van der Waals surface area contributed by atoms with E-state index in [1.807, 2.05) is 0 Å². The zero-order chi connectivity index (χ0) is 31.7.